The van der Waals surface area contributed by atoms with Gasteiger partial charge in [0.1, 0.15) is 17.5 Å². The van der Waals surface area contributed by atoms with E-state index in [2.05, 4.69) is 50.8 Å². The molecule has 0 spiro atoms. The van der Waals surface area contributed by atoms with Gasteiger partial charge in [0.2, 0.25) is 0 Å². The van der Waals surface area contributed by atoms with Crippen molar-refractivity contribution in [3.05, 3.63) is 65.8 Å². The van der Waals surface area contributed by atoms with E-state index in [0.717, 1.165) is 30.6 Å². The van der Waals surface area contributed by atoms with E-state index in [1.165, 1.54) is 5.56 Å². The molecule has 2 heterocycles. The van der Waals surface area contributed by atoms with E-state index in [0.29, 0.717) is 0 Å². The third-order valence-corrected chi connectivity index (χ3v) is 3.95. The average molecular weight is 295 g/mol. The number of hydrogen-bond acceptors (Lipinski definition) is 3. The Labute approximate surface area is 130 Å². The minimum Gasteiger partial charge on any atom is -0.333 e. The molecule has 0 amide bonds. The summed E-state index contributed by atoms with van der Waals surface area (Å²) in [4.78, 5) is 8.89. The number of imidazole rings is 1. The molecule has 114 valence electrons. The van der Waals surface area contributed by atoms with Crippen molar-refractivity contribution in [2.24, 2.45) is 0 Å². The Bertz CT molecular complexity index is 742. The van der Waals surface area contributed by atoms with E-state index in [4.69, 9.17) is 0 Å². The lowest BCUT2D eigenvalue weighted by molar-refractivity contribution is 0.504. The van der Waals surface area contributed by atoms with Crippen molar-refractivity contribution >= 4 is 0 Å². The highest BCUT2D eigenvalue weighted by molar-refractivity contribution is 5.24. The fourth-order valence-electron chi connectivity index (χ4n) is 2.76. The monoisotopic (exact) mass is 295 g/mol. The Balaban J connectivity index is 1.76. The number of rotatable bonds is 5. The molecule has 0 aliphatic rings. The number of aromatic nitrogens is 5. The predicted molar refractivity (Wildman–Crippen MR) is 85.7 cm³/mol. The quantitative estimate of drug-likeness (QED) is 0.727. The maximum atomic E-state index is 4.55. The zero-order chi connectivity index (χ0) is 15.5. The predicted octanol–water partition coefficient (Wildman–Crippen LogP) is 2.94. The van der Waals surface area contributed by atoms with Crippen molar-refractivity contribution in [3.8, 4) is 0 Å². The van der Waals surface area contributed by atoms with E-state index in [9.17, 15) is 0 Å². The molecule has 3 aromatic rings. The molecule has 0 aliphatic heterocycles. The third-order valence-electron chi connectivity index (χ3n) is 3.95. The topological polar surface area (TPSA) is 48.5 Å². The van der Waals surface area contributed by atoms with Crippen LogP contribution in [-0.4, -0.2) is 24.3 Å². The highest BCUT2D eigenvalue weighted by Crippen LogP contribution is 2.22. The summed E-state index contributed by atoms with van der Waals surface area (Å²) in [5.41, 5.74) is 1.28. The van der Waals surface area contributed by atoms with E-state index < -0.39 is 0 Å². The van der Waals surface area contributed by atoms with Gasteiger partial charge in [-0.25, -0.2) is 14.6 Å². The Morgan fingerprint density at radius 1 is 1.09 bits per heavy atom. The first kappa shape index (κ1) is 14.5. The first-order valence-electron chi connectivity index (χ1n) is 7.59. The van der Waals surface area contributed by atoms with Crippen LogP contribution in [-0.2, 0) is 13.1 Å². The summed E-state index contributed by atoms with van der Waals surface area (Å²) in [7, 11) is 0. The van der Waals surface area contributed by atoms with Gasteiger partial charge in [0.05, 0.1) is 6.54 Å². The molecule has 1 unspecified atom stereocenters. The molecule has 0 aliphatic carbocycles. The second kappa shape index (κ2) is 6.13. The Morgan fingerprint density at radius 3 is 2.55 bits per heavy atom. The summed E-state index contributed by atoms with van der Waals surface area (Å²) in [6, 6.07) is 10.5. The largest absolute Gasteiger partial charge is 0.333 e. The molecule has 0 fully saturated rings. The summed E-state index contributed by atoms with van der Waals surface area (Å²) in [5, 5.41) is 4.41. The molecule has 5 nitrogen and oxygen atoms in total. The minimum absolute atomic E-state index is 0.273. The molecule has 0 radical (unpaired) electrons. The van der Waals surface area contributed by atoms with Crippen molar-refractivity contribution < 1.29 is 0 Å². The van der Waals surface area contributed by atoms with Gasteiger partial charge in [0.25, 0.3) is 0 Å². The third kappa shape index (κ3) is 2.93. The smallest absolute Gasteiger partial charge is 0.147 e. The van der Waals surface area contributed by atoms with Crippen molar-refractivity contribution in [1.82, 2.24) is 24.3 Å². The zero-order valence-electron chi connectivity index (χ0n) is 13.3. The van der Waals surface area contributed by atoms with Gasteiger partial charge in [-0.3, -0.25) is 0 Å². The van der Waals surface area contributed by atoms with E-state index in [1.807, 2.05) is 37.0 Å². The molecule has 1 atom stereocenters. The Kier molecular flexibility index (Phi) is 4.04. The van der Waals surface area contributed by atoms with Gasteiger partial charge >= 0.3 is 0 Å². The van der Waals surface area contributed by atoms with Crippen LogP contribution in [0.2, 0.25) is 0 Å². The zero-order valence-corrected chi connectivity index (χ0v) is 13.3. The van der Waals surface area contributed by atoms with E-state index in [1.54, 1.807) is 0 Å². The van der Waals surface area contributed by atoms with Crippen LogP contribution < -0.4 is 0 Å². The molecule has 22 heavy (non-hydrogen) atoms. The number of aryl methyl sites for hydroxylation is 4. The SMILES string of the molecule is Cc1nc(C)n(CCn2ccnc2C(C)c2ccccc2)n1. The maximum Gasteiger partial charge on any atom is 0.147 e. The molecule has 0 saturated heterocycles. The summed E-state index contributed by atoms with van der Waals surface area (Å²) in [6.45, 7) is 7.75. The van der Waals surface area contributed by atoms with Crippen molar-refractivity contribution in [3.63, 3.8) is 0 Å². The molecule has 0 saturated carbocycles. The van der Waals surface area contributed by atoms with Crippen molar-refractivity contribution in [2.75, 3.05) is 0 Å². The highest BCUT2D eigenvalue weighted by atomic mass is 15.3. The lowest BCUT2D eigenvalue weighted by Crippen LogP contribution is -2.13. The lowest BCUT2D eigenvalue weighted by atomic mass is 10.0. The van der Waals surface area contributed by atoms with Crippen LogP contribution in [0, 0.1) is 13.8 Å². The second-order valence-electron chi connectivity index (χ2n) is 5.54. The van der Waals surface area contributed by atoms with E-state index >= 15 is 0 Å². The fraction of sp³-hybridized carbons (Fsp3) is 0.353. The standard InChI is InChI=1S/C17H21N5/c1-13(16-7-5-4-6-8-16)17-18-9-10-21(17)11-12-22-15(3)19-14(2)20-22/h4-10,13H,11-12H2,1-3H3. The first-order chi connectivity index (χ1) is 10.6. The summed E-state index contributed by atoms with van der Waals surface area (Å²) in [5.74, 6) is 3.13. The average Bonchev–Trinajstić information content (AvgIpc) is 3.11. The van der Waals surface area contributed by atoms with Crippen LogP contribution in [0.1, 0.15) is 35.9 Å². The second-order valence-corrected chi connectivity index (χ2v) is 5.54. The molecular formula is C17H21N5. The molecule has 0 N–H and O–H groups in total. The normalized spacial score (nSPS) is 12.5. The van der Waals surface area contributed by atoms with Gasteiger partial charge in [-0.1, -0.05) is 37.3 Å². The first-order valence-corrected chi connectivity index (χ1v) is 7.59. The van der Waals surface area contributed by atoms with Crippen LogP contribution in [0.15, 0.2) is 42.7 Å². The number of nitrogens with zero attached hydrogens (tertiary/aromatic N) is 5. The molecule has 3 rings (SSSR count). The van der Waals surface area contributed by atoms with Crippen LogP contribution >= 0.6 is 0 Å². The number of hydrogen-bond donors (Lipinski definition) is 0. The summed E-state index contributed by atoms with van der Waals surface area (Å²) in [6.07, 6.45) is 3.90. The van der Waals surface area contributed by atoms with Crippen LogP contribution in [0.4, 0.5) is 0 Å². The van der Waals surface area contributed by atoms with Gasteiger partial charge in [0.15, 0.2) is 0 Å². The van der Waals surface area contributed by atoms with Gasteiger partial charge < -0.3 is 4.57 Å². The van der Waals surface area contributed by atoms with Crippen molar-refractivity contribution in [2.45, 2.75) is 39.8 Å². The molecule has 5 heteroatoms. The minimum atomic E-state index is 0.273. The summed E-state index contributed by atoms with van der Waals surface area (Å²) >= 11 is 0. The van der Waals surface area contributed by atoms with Gasteiger partial charge in [-0.05, 0) is 19.4 Å². The van der Waals surface area contributed by atoms with Crippen molar-refractivity contribution in [1.29, 1.82) is 0 Å². The van der Waals surface area contributed by atoms with E-state index in [-0.39, 0.29) is 5.92 Å². The van der Waals surface area contributed by atoms with Crippen LogP contribution in [0.5, 0.6) is 0 Å². The van der Waals surface area contributed by atoms with Gasteiger partial charge in [-0.2, -0.15) is 5.10 Å². The molecule has 0 bridgehead atoms. The molecular weight excluding hydrogens is 274 g/mol. The molecule has 1 aromatic carbocycles. The lowest BCUT2D eigenvalue weighted by Gasteiger charge is -2.14. The van der Waals surface area contributed by atoms with Crippen LogP contribution in [0.25, 0.3) is 0 Å². The van der Waals surface area contributed by atoms with Gasteiger partial charge in [-0.15, -0.1) is 0 Å². The Hall–Kier alpha value is -2.43. The fourth-order valence-corrected chi connectivity index (χ4v) is 2.76. The summed E-state index contributed by atoms with van der Waals surface area (Å²) < 4.78 is 4.15. The highest BCUT2D eigenvalue weighted by Gasteiger charge is 2.14. The van der Waals surface area contributed by atoms with Crippen LogP contribution in [0.3, 0.4) is 0 Å². The molecule has 2 aromatic heterocycles. The Morgan fingerprint density at radius 2 is 1.86 bits per heavy atom. The van der Waals surface area contributed by atoms with Gasteiger partial charge in [0, 0.05) is 24.9 Å². The maximum absolute atomic E-state index is 4.55. The number of benzene rings is 1.